The van der Waals surface area contributed by atoms with E-state index in [1.807, 2.05) is 29.5 Å². The summed E-state index contributed by atoms with van der Waals surface area (Å²) in [5, 5.41) is 9.03. The highest BCUT2D eigenvalue weighted by Gasteiger charge is 2.22. The molecule has 0 bridgehead atoms. The topological polar surface area (TPSA) is 66.0 Å². The zero-order valence-corrected chi connectivity index (χ0v) is 14.9. The fourth-order valence-corrected chi connectivity index (χ4v) is 4.69. The van der Waals surface area contributed by atoms with Crippen molar-refractivity contribution in [2.75, 3.05) is 18.0 Å². The van der Waals surface area contributed by atoms with Gasteiger partial charge in [0.15, 0.2) is 0 Å². The summed E-state index contributed by atoms with van der Waals surface area (Å²) in [6, 6.07) is 16.4. The Labute approximate surface area is 151 Å². The molecule has 0 amide bonds. The molecule has 0 atom stereocenters. The molecule has 0 spiro atoms. The van der Waals surface area contributed by atoms with Crippen LogP contribution in [0.2, 0.25) is 0 Å². The van der Waals surface area contributed by atoms with Gasteiger partial charge in [0.1, 0.15) is 5.84 Å². The number of hydrogen-bond acceptors (Lipinski definition) is 4. The molecule has 1 aliphatic rings. The summed E-state index contributed by atoms with van der Waals surface area (Å²) >= 11 is 1.83. The fourth-order valence-electron chi connectivity index (χ4n) is 3.61. The van der Waals surface area contributed by atoms with E-state index in [2.05, 4.69) is 35.2 Å². The van der Waals surface area contributed by atoms with Crippen LogP contribution in [-0.2, 0) is 6.42 Å². The number of aromatic nitrogens is 1. The second-order valence-corrected chi connectivity index (χ2v) is 7.76. The van der Waals surface area contributed by atoms with Gasteiger partial charge in [-0.2, -0.15) is 0 Å². The normalized spacial score (nSPS) is 15.6. The maximum atomic E-state index is 7.78. The summed E-state index contributed by atoms with van der Waals surface area (Å²) in [6.45, 7) is 2.03. The number of hydrogen-bond donors (Lipinski definition) is 2. The van der Waals surface area contributed by atoms with Crippen LogP contribution in [-0.4, -0.2) is 23.9 Å². The molecule has 0 radical (unpaired) electrons. The molecule has 3 aromatic rings. The summed E-state index contributed by atoms with van der Waals surface area (Å²) in [6.07, 6.45) is 3.38. The predicted octanol–water partition coefficient (Wildman–Crippen LogP) is 4.04. The van der Waals surface area contributed by atoms with Crippen molar-refractivity contribution < 1.29 is 0 Å². The van der Waals surface area contributed by atoms with Crippen LogP contribution < -0.4 is 10.6 Å². The SMILES string of the molecule is N=C(N)c1ccccc1N1CCC(Cc2nc3ccccc3s2)CC1. The van der Waals surface area contributed by atoms with Gasteiger partial charge in [0, 0.05) is 30.8 Å². The van der Waals surface area contributed by atoms with Crippen LogP contribution >= 0.6 is 11.3 Å². The number of rotatable bonds is 4. The van der Waals surface area contributed by atoms with Crippen molar-refractivity contribution in [3.05, 3.63) is 59.1 Å². The molecule has 2 aromatic carbocycles. The van der Waals surface area contributed by atoms with Gasteiger partial charge in [-0.25, -0.2) is 4.98 Å². The highest BCUT2D eigenvalue weighted by Crippen LogP contribution is 2.30. The smallest absolute Gasteiger partial charge is 0.124 e. The maximum absolute atomic E-state index is 7.78. The molecule has 1 fully saturated rings. The van der Waals surface area contributed by atoms with Crippen LogP contribution in [0, 0.1) is 11.3 Å². The molecule has 0 saturated carbocycles. The summed E-state index contributed by atoms with van der Waals surface area (Å²) < 4.78 is 1.28. The van der Waals surface area contributed by atoms with Crippen molar-refractivity contribution in [3.63, 3.8) is 0 Å². The number of nitrogens with zero attached hydrogens (tertiary/aromatic N) is 2. The molecule has 1 saturated heterocycles. The first-order valence-corrected chi connectivity index (χ1v) is 9.55. The second-order valence-electron chi connectivity index (χ2n) is 6.64. The Balaban J connectivity index is 1.42. The van der Waals surface area contributed by atoms with Crippen molar-refractivity contribution in [1.82, 2.24) is 4.98 Å². The molecule has 4 nitrogen and oxygen atoms in total. The van der Waals surface area contributed by atoms with E-state index >= 15 is 0 Å². The van der Waals surface area contributed by atoms with Gasteiger partial charge >= 0.3 is 0 Å². The van der Waals surface area contributed by atoms with E-state index in [1.54, 1.807) is 0 Å². The highest BCUT2D eigenvalue weighted by molar-refractivity contribution is 7.18. The number of thiazole rings is 1. The van der Waals surface area contributed by atoms with E-state index in [1.165, 1.54) is 9.71 Å². The molecule has 4 rings (SSSR count). The number of nitrogens with two attached hydrogens (primary N) is 1. The van der Waals surface area contributed by atoms with Gasteiger partial charge < -0.3 is 10.6 Å². The zero-order valence-electron chi connectivity index (χ0n) is 14.1. The molecule has 128 valence electrons. The Morgan fingerprint density at radius 2 is 1.84 bits per heavy atom. The van der Waals surface area contributed by atoms with Crippen molar-refractivity contribution in [2.24, 2.45) is 11.7 Å². The number of piperidine rings is 1. The predicted molar refractivity (Wildman–Crippen MR) is 106 cm³/mol. The molecular formula is C20H22N4S. The third kappa shape index (κ3) is 3.37. The van der Waals surface area contributed by atoms with Crippen molar-refractivity contribution in [2.45, 2.75) is 19.3 Å². The number of amidine groups is 1. The van der Waals surface area contributed by atoms with E-state index in [-0.39, 0.29) is 5.84 Å². The van der Waals surface area contributed by atoms with Crippen LogP contribution in [0.5, 0.6) is 0 Å². The van der Waals surface area contributed by atoms with Gasteiger partial charge in [0.25, 0.3) is 0 Å². The standard InChI is InChI=1S/C20H22N4S/c21-20(22)15-5-1-3-7-17(15)24-11-9-14(10-12-24)13-19-23-16-6-2-4-8-18(16)25-19/h1-8,14H,9-13H2,(H3,21,22). The molecule has 5 heteroatoms. The average Bonchev–Trinajstić information content (AvgIpc) is 3.04. The van der Waals surface area contributed by atoms with Crippen LogP contribution in [0.25, 0.3) is 10.2 Å². The van der Waals surface area contributed by atoms with Crippen LogP contribution in [0.3, 0.4) is 0 Å². The number of para-hydroxylation sites is 2. The molecule has 1 aromatic heterocycles. The first-order chi connectivity index (χ1) is 12.2. The van der Waals surface area contributed by atoms with Crippen LogP contribution in [0.1, 0.15) is 23.4 Å². The van der Waals surface area contributed by atoms with Gasteiger partial charge in [-0.3, -0.25) is 5.41 Å². The fraction of sp³-hybridized carbons (Fsp3) is 0.300. The van der Waals surface area contributed by atoms with Crippen molar-refractivity contribution >= 4 is 33.1 Å². The lowest BCUT2D eigenvalue weighted by Gasteiger charge is -2.34. The molecular weight excluding hydrogens is 328 g/mol. The minimum absolute atomic E-state index is 0.146. The van der Waals surface area contributed by atoms with E-state index in [0.29, 0.717) is 5.92 Å². The van der Waals surface area contributed by atoms with Crippen molar-refractivity contribution in [1.29, 1.82) is 5.41 Å². The molecule has 0 aliphatic carbocycles. The van der Waals surface area contributed by atoms with Crippen LogP contribution in [0.15, 0.2) is 48.5 Å². The average molecular weight is 350 g/mol. The molecule has 0 unspecified atom stereocenters. The third-order valence-electron chi connectivity index (χ3n) is 4.95. The zero-order chi connectivity index (χ0) is 17.2. The third-order valence-corrected chi connectivity index (χ3v) is 6.01. The molecule has 25 heavy (non-hydrogen) atoms. The maximum Gasteiger partial charge on any atom is 0.124 e. The van der Waals surface area contributed by atoms with Gasteiger partial charge in [-0.1, -0.05) is 24.3 Å². The minimum atomic E-state index is 0.146. The van der Waals surface area contributed by atoms with Gasteiger partial charge in [-0.05, 0) is 43.0 Å². The van der Waals surface area contributed by atoms with E-state index in [9.17, 15) is 0 Å². The summed E-state index contributed by atoms with van der Waals surface area (Å²) in [5.74, 6) is 0.827. The summed E-state index contributed by atoms with van der Waals surface area (Å²) in [7, 11) is 0. The number of benzene rings is 2. The Morgan fingerprint density at radius 3 is 2.60 bits per heavy atom. The van der Waals surface area contributed by atoms with E-state index < -0.39 is 0 Å². The van der Waals surface area contributed by atoms with Gasteiger partial charge in [0.05, 0.1) is 15.2 Å². The summed E-state index contributed by atoms with van der Waals surface area (Å²) in [4.78, 5) is 7.15. The quantitative estimate of drug-likeness (QED) is 0.551. The summed E-state index contributed by atoms with van der Waals surface area (Å²) in [5.41, 5.74) is 8.79. The lowest BCUT2D eigenvalue weighted by molar-refractivity contribution is 0.403. The minimum Gasteiger partial charge on any atom is -0.384 e. The number of nitrogens with one attached hydrogen (secondary N) is 1. The Bertz CT molecular complexity index is 860. The monoisotopic (exact) mass is 350 g/mol. The van der Waals surface area contributed by atoms with E-state index in [4.69, 9.17) is 16.1 Å². The van der Waals surface area contributed by atoms with Gasteiger partial charge in [0.2, 0.25) is 0 Å². The number of nitrogen functional groups attached to an aromatic ring is 1. The lowest BCUT2D eigenvalue weighted by atomic mass is 9.93. The number of fused-ring (bicyclic) bond motifs is 1. The van der Waals surface area contributed by atoms with Crippen molar-refractivity contribution in [3.8, 4) is 0 Å². The van der Waals surface area contributed by atoms with E-state index in [0.717, 1.165) is 49.1 Å². The Morgan fingerprint density at radius 1 is 1.12 bits per heavy atom. The molecule has 3 N–H and O–H groups in total. The first-order valence-electron chi connectivity index (χ1n) is 8.73. The Kier molecular flexibility index (Phi) is 4.40. The number of anilines is 1. The lowest BCUT2D eigenvalue weighted by Crippen LogP contribution is -2.35. The molecule has 1 aliphatic heterocycles. The highest BCUT2D eigenvalue weighted by atomic mass is 32.1. The largest absolute Gasteiger partial charge is 0.384 e. The molecule has 2 heterocycles. The Hall–Kier alpha value is -2.40. The van der Waals surface area contributed by atoms with Crippen LogP contribution in [0.4, 0.5) is 5.69 Å². The van der Waals surface area contributed by atoms with Gasteiger partial charge in [-0.15, -0.1) is 11.3 Å². The first kappa shape index (κ1) is 16.1. The second kappa shape index (κ2) is 6.84.